The Morgan fingerprint density at radius 1 is 1.11 bits per heavy atom. The molecule has 18 heavy (non-hydrogen) atoms. The van der Waals surface area contributed by atoms with Crippen LogP contribution in [-0.2, 0) is 6.61 Å². The number of hydrogen-bond acceptors (Lipinski definition) is 4. The smallest absolute Gasteiger partial charge is 0.148 e. The number of anilines is 1. The molecule has 1 heterocycles. The Labute approximate surface area is 122 Å². The fraction of sp³-hybridized carbons (Fsp3) is 0.0833. The molecule has 0 saturated carbocycles. The Morgan fingerprint density at radius 2 is 1.78 bits per heavy atom. The summed E-state index contributed by atoms with van der Waals surface area (Å²) in [6, 6.07) is 11.3. The Hall–Kier alpha value is -1.11. The van der Waals surface area contributed by atoms with Gasteiger partial charge in [0, 0.05) is 0 Å². The van der Waals surface area contributed by atoms with E-state index in [4.69, 9.17) is 10.6 Å². The number of nitrogens with zero attached hydrogens (tertiary/aromatic N) is 1. The summed E-state index contributed by atoms with van der Waals surface area (Å²) in [5, 5.41) is 0. The van der Waals surface area contributed by atoms with Crippen LogP contribution < -0.4 is 16.0 Å². The van der Waals surface area contributed by atoms with Gasteiger partial charge in [0.15, 0.2) is 0 Å². The third kappa shape index (κ3) is 3.22. The number of nitrogen functional groups attached to an aromatic ring is 1. The first kappa shape index (κ1) is 13.3. The van der Waals surface area contributed by atoms with Crippen LogP contribution in [0.25, 0.3) is 0 Å². The molecule has 4 nitrogen and oxygen atoms in total. The Kier molecular flexibility index (Phi) is 4.57. The number of nitrogens with two attached hydrogens (primary N) is 1. The van der Waals surface area contributed by atoms with E-state index in [-0.39, 0.29) is 0 Å². The number of pyridine rings is 1. The van der Waals surface area contributed by atoms with Crippen molar-refractivity contribution < 1.29 is 4.74 Å². The maximum Gasteiger partial charge on any atom is 0.148 e. The summed E-state index contributed by atoms with van der Waals surface area (Å²) in [6.45, 7) is 0.372. The van der Waals surface area contributed by atoms with E-state index in [1.807, 2.05) is 30.3 Å². The SMILES string of the molecule is NNc1cccc(COc2c(Br)cccc2Br)n1. The van der Waals surface area contributed by atoms with E-state index in [2.05, 4.69) is 42.3 Å². The molecule has 0 aliphatic heterocycles. The average Bonchev–Trinajstić information content (AvgIpc) is 2.38. The quantitative estimate of drug-likeness (QED) is 0.637. The third-order valence-electron chi connectivity index (χ3n) is 2.24. The lowest BCUT2D eigenvalue weighted by Crippen LogP contribution is -2.09. The summed E-state index contributed by atoms with van der Waals surface area (Å²) in [4.78, 5) is 4.27. The van der Waals surface area contributed by atoms with Gasteiger partial charge < -0.3 is 10.2 Å². The van der Waals surface area contributed by atoms with Gasteiger partial charge in [-0.25, -0.2) is 10.8 Å². The van der Waals surface area contributed by atoms with Crippen molar-refractivity contribution in [3.63, 3.8) is 0 Å². The van der Waals surface area contributed by atoms with E-state index in [0.29, 0.717) is 12.4 Å². The van der Waals surface area contributed by atoms with Crippen molar-refractivity contribution in [2.24, 2.45) is 5.84 Å². The number of ether oxygens (including phenoxy) is 1. The molecule has 94 valence electrons. The molecule has 0 saturated heterocycles. The fourth-order valence-electron chi connectivity index (χ4n) is 1.41. The van der Waals surface area contributed by atoms with E-state index >= 15 is 0 Å². The van der Waals surface area contributed by atoms with Crippen LogP contribution in [0, 0.1) is 0 Å². The van der Waals surface area contributed by atoms with E-state index in [1.165, 1.54) is 0 Å². The molecule has 0 amide bonds. The van der Waals surface area contributed by atoms with Gasteiger partial charge in [-0.1, -0.05) is 12.1 Å². The first-order valence-electron chi connectivity index (χ1n) is 5.20. The highest BCUT2D eigenvalue weighted by Crippen LogP contribution is 2.33. The van der Waals surface area contributed by atoms with Crippen LogP contribution in [0.4, 0.5) is 5.82 Å². The van der Waals surface area contributed by atoms with Gasteiger partial charge >= 0.3 is 0 Å². The van der Waals surface area contributed by atoms with E-state index in [0.717, 1.165) is 20.4 Å². The topological polar surface area (TPSA) is 60.2 Å². The van der Waals surface area contributed by atoms with Crippen LogP contribution in [0.15, 0.2) is 45.3 Å². The van der Waals surface area contributed by atoms with Crippen LogP contribution in [0.1, 0.15) is 5.69 Å². The maximum absolute atomic E-state index is 5.73. The van der Waals surface area contributed by atoms with Crippen molar-refractivity contribution in [3.8, 4) is 5.75 Å². The van der Waals surface area contributed by atoms with Gasteiger partial charge in [0.05, 0.1) is 14.6 Å². The number of aromatic nitrogens is 1. The Morgan fingerprint density at radius 3 is 2.44 bits per heavy atom. The molecule has 2 aromatic rings. The maximum atomic E-state index is 5.73. The number of rotatable bonds is 4. The second kappa shape index (κ2) is 6.17. The Balaban J connectivity index is 2.11. The predicted octanol–water partition coefficient (Wildman–Crippen LogP) is 3.47. The van der Waals surface area contributed by atoms with Crippen molar-refractivity contribution in [1.82, 2.24) is 4.98 Å². The van der Waals surface area contributed by atoms with Crippen LogP contribution in [0.2, 0.25) is 0 Å². The van der Waals surface area contributed by atoms with Crippen LogP contribution >= 0.6 is 31.9 Å². The van der Waals surface area contributed by atoms with E-state index in [1.54, 1.807) is 6.07 Å². The summed E-state index contributed by atoms with van der Waals surface area (Å²) in [6.07, 6.45) is 0. The zero-order chi connectivity index (χ0) is 13.0. The highest BCUT2D eigenvalue weighted by Gasteiger charge is 2.06. The van der Waals surface area contributed by atoms with E-state index < -0.39 is 0 Å². The molecule has 6 heteroatoms. The average molecular weight is 373 g/mol. The van der Waals surface area contributed by atoms with Gasteiger partial charge in [0.2, 0.25) is 0 Å². The zero-order valence-corrected chi connectivity index (χ0v) is 12.5. The van der Waals surface area contributed by atoms with Gasteiger partial charge in [-0.3, -0.25) is 0 Å². The number of halogens is 2. The fourth-order valence-corrected chi connectivity index (χ4v) is 2.63. The van der Waals surface area contributed by atoms with Crippen molar-refractivity contribution in [2.45, 2.75) is 6.61 Å². The summed E-state index contributed by atoms with van der Waals surface area (Å²) < 4.78 is 7.52. The minimum Gasteiger partial charge on any atom is -0.485 e. The largest absolute Gasteiger partial charge is 0.485 e. The number of benzene rings is 1. The minimum absolute atomic E-state index is 0.372. The van der Waals surface area contributed by atoms with E-state index in [9.17, 15) is 0 Å². The first-order chi connectivity index (χ1) is 8.70. The minimum atomic E-state index is 0.372. The second-order valence-electron chi connectivity index (χ2n) is 3.50. The lowest BCUT2D eigenvalue weighted by Gasteiger charge is -2.10. The summed E-state index contributed by atoms with van der Waals surface area (Å²) >= 11 is 6.88. The molecule has 0 spiro atoms. The predicted molar refractivity (Wildman–Crippen MR) is 78.2 cm³/mol. The monoisotopic (exact) mass is 371 g/mol. The summed E-state index contributed by atoms with van der Waals surface area (Å²) in [5.41, 5.74) is 3.30. The molecule has 1 aromatic heterocycles. The number of para-hydroxylation sites is 1. The molecular weight excluding hydrogens is 362 g/mol. The molecule has 3 N–H and O–H groups in total. The molecule has 0 fully saturated rings. The molecule has 0 bridgehead atoms. The highest BCUT2D eigenvalue weighted by molar-refractivity contribution is 9.11. The number of nitrogens with one attached hydrogen (secondary N) is 1. The van der Waals surface area contributed by atoms with Gasteiger partial charge in [0.1, 0.15) is 18.2 Å². The van der Waals surface area contributed by atoms with Crippen molar-refractivity contribution in [2.75, 3.05) is 5.43 Å². The molecular formula is C12H11Br2N3O. The molecule has 0 unspecified atom stereocenters. The van der Waals surface area contributed by atoms with Crippen molar-refractivity contribution >= 4 is 37.7 Å². The molecule has 0 atom stereocenters. The molecule has 0 aliphatic carbocycles. The number of hydrazine groups is 1. The first-order valence-corrected chi connectivity index (χ1v) is 6.78. The van der Waals surface area contributed by atoms with Crippen LogP contribution in [0.3, 0.4) is 0 Å². The molecule has 2 rings (SSSR count). The zero-order valence-electron chi connectivity index (χ0n) is 9.36. The highest BCUT2D eigenvalue weighted by atomic mass is 79.9. The van der Waals surface area contributed by atoms with Crippen molar-refractivity contribution in [1.29, 1.82) is 0 Å². The second-order valence-corrected chi connectivity index (χ2v) is 5.21. The molecule has 0 aliphatic rings. The van der Waals surface area contributed by atoms with Crippen LogP contribution in [-0.4, -0.2) is 4.98 Å². The molecule has 0 radical (unpaired) electrons. The summed E-state index contributed by atoms with van der Waals surface area (Å²) in [5.74, 6) is 6.67. The van der Waals surface area contributed by atoms with Gasteiger partial charge in [0.25, 0.3) is 0 Å². The van der Waals surface area contributed by atoms with Gasteiger partial charge in [-0.15, -0.1) is 0 Å². The normalized spacial score (nSPS) is 10.2. The van der Waals surface area contributed by atoms with Crippen LogP contribution in [0.5, 0.6) is 5.75 Å². The third-order valence-corrected chi connectivity index (χ3v) is 3.49. The standard InChI is InChI=1S/C12H11Br2N3O/c13-9-4-2-5-10(14)12(9)18-7-8-3-1-6-11(16-8)17-15/h1-6H,7,15H2,(H,16,17). The Bertz CT molecular complexity index is 528. The van der Waals surface area contributed by atoms with Crippen molar-refractivity contribution in [3.05, 3.63) is 51.0 Å². The van der Waals surface area contributed by atoms with Gasteiger partial charge in [-0.2, -0.15) is 0 Å². The number of hydrogen-bond donors (Lipinski definition) is 2. The summed E-state index contributed by atoms with van der Waals surface area (Å²) in [7, 11) is 0. The lowest BCUT2D eigenvalue weighted by molar-refractivity contribution is 0.297. The molecule has 1 aromatic carbocycles. The van der Waals surface area contributed by atoms with Gasteiger partial charge in [-0.05, 0) is 56.1 Å². The lowest BCUT2D eigenvalue weighted by atomic mass is 10.3.